The molecule has 0 atom stereocenters. The number of carbonyl (C=O) groups is 1. The molecule has 19 heavy (non-hydrogen) atoms. The second kappa shape index (κ2) is 6.58. The molecule has 0 saturated carbocycles. The SMILES string of the molecule is CCC(CC)(CNc1cccc(Br)c1C#N)C(=O)O. The fourth-order valence-corrected chi connectivity index (χ4v) is 2.38. The number of nitrogens with zero attached hydrogens (tertiary/aromatic N) is 1. The molecule has 1 aromatic rings. The van der Waals surface area contributed by atoms with Gasteiger partial charge in [-0.2, -0.15) is 5.26 Å². The maximum Gasteiger partial charge on any atom is 0.311 e. The molecule has 2 N–H and O–H groups in total. The summed E-state index contributed by atoms with van der Waals surface area (Å²) in [5.41, 5.74) is 0.355. The number of anilines is 1. The molecule has 5 heteroatoms. The van der Waals surface area contributed by atoms with Crippen LogP contribution in [0.1, 0.15) is 32.3 Å². The summed E-state index contributed by atoms with van der Waals surface area (Å²) in [5, 5.41) is 21.6. The van der Waals surface area contributed by atoms with E-state index in [4.69, 9.17) is 5.26 Å². The van der Waals surface area contributed by atoms with Crippen LogP contribution in [0.15, 0.2) is 22.7 Å². The minimum Gasteiger partial charge on any atom is -0.481 e. The van der Waals surface area contributed by atoms with E-state index in [1.165, 1.54) is 0 Å². The van der Waals surface area contributed by atoms with E-state index in [1.807, 2.05) is 19.9 Å². The van der Waals surface area contributed by atoms with Gasteiger partial charge in [0.1, 0.15) is 6.07 Å². The summed E-state index contributed by atoms with van der Waals surface area (Å²) in [6, 6.07) is 7.49. The molecule has 0 aliphatic heterocycles. The summed E-state index contributed by atoms with van der Waals surface area (Å²) in [6.45, 7) is 4.04. The molecule has 0 aromatic heterocycles. The molecule has 102 valence electrons. The van der Waals surface area contributed by atoms with Gasteiger partial charge in [0.15, 0.2) is 0 Å². The van der Waals surface area contributed by atoms with Crippen molar-refractivity contribution in [2.45, 2.75) is 26.7 Å². The Bertz CT molecular complexity index is 505. The molecule has 0 bridgehead atoms. The zero-order chi connectivity index (χ0) is 14.5. The van der Waals surface area contributed by atoms with Crippen LogP contribution in [-0.2, 0) is 4.79 Å². The highest BCUT2D eigenvalue weighted by atomic mass is 79.9. The molecule has 1 rings (SSSR count). The molecular formula is C14H17BrN2O2. The topological polar surface area (TPSA) is 73.1 Å². The Kier molecular flexibility index (Phi) is 5.37. The number of rotatable bonds is 6. The van der Waals surface area contributed by atoms with Gasteiger partial charge < -0.3 is 10.4 Å². The first-order valence-electron chi connectivity index (χ1n) is 6.16. The predicted octanol–water partition coefficient (Wildman–Crippen LogP) is 3.62. The summed E-state index contributed by atoms with van der Waals surface area (Å²) in [6.07, 6.45) is 1.09. The van der Waals surface area contributed by atoms with E-state index in [1.54, 1.807) is 12.1 Å². The van der Waals surface area contributed by atoms with Crippen LogP contribution in [-0.4, -0.2) is 17.6 Å². The largest absolute Gasteiger partial charge is 0.481 e. The van der Waals surface area contributed by atoms with Crippen molar-refractivity contribution in [2.24, 2.45) is 5.41 Å². The first-order valence-corrected chi connectivity index (χ1v) is 6.96. The van der Waals surface area contributed by atoms with Crippen molar-refractivity contribution in [3.63, 3.8) is 0 Å². The highest BCUT2D eigenvalue weighted by Gasteiger charge is 2.34. The van der Waals surface area contributed by atoms with E-state index >= 15 is 0 Å². The number of hydrogen-bond donors (Lipinski definition) is 2. The lowest BCUT2D eigenvalue weighted by atomic mass is 9.82. The van der Waals surface area contributed by atoms with Crippen LogP contribution >= 0.6 is 15.9 Å². The zero-order valence-electron chi connectivity index (χ0n) is 11.0. The fraction of sp³-hybridized carbons (Fsp3) is 0.429. The predicted molar refractivity (Wildman–Crippen MR) is 78.0 cm³/mol. The minimum absolute atomic E-state index is 0.306. The number of nitrogens with one attached hydrogen (secondary N) is 1. The second-order valence-corrected chi connectivity index (χ2v) is 5.27. The third kappa shape index (κ3) is 3.27. The first kappa shape index (κ1) is 15.5. The first-order chi connectivity index (χ1) is 9.00. The van der Waals surface area contributed by atoms with Crippen LogP contribution in [0.3, 0.4) is 0 Å². The highest BCUT2D eigenvalue weighted by molar-refractivity contribution is 9.10. The Morgan fingerprint density at radius 1 is 1.47 bits per heavy atom. The number of hydrogen-bond acceptors (Lipinski definition) is 3. The average Bonchev–Trinajstić information content (AvgIpc) is 2.40. The molecule has 0 fully saturated rings. The second-order valence-electron chi connectivity index (χ2n) is 4.42. The minimum atomic E-state index is -0.807. The molecule has 0 spiro atoms. The molecule has 0 unspecified atom stereocenters. The number of aliphatic carboxylic acids is 1. The smallest absolute Gasteiger partial charge is 0.311 e. The van der Waals surface area contributed by atoms with E-state index in [0.29, 0.717) is 35.1 Å². The summed E-state index contributed by atoms with van der Waals surface area (Å²) in [5.74, 6) is -0.807. The van der Waals surface area contributed by atoms with Crippen molar-refractivity contribution in [1.82, 2.24) is 0 Å². The van der Waals surface area contributed by atoms with Gasteiger partial charge in [-0.25, -0.2) is 0 Å². The van der Waals surface area contributed by atoms with Crippen LogP contribution in [0.4, 0.5) is 5.69 Å². The van der Waals surface area contributed by atoms with Crippen LogP contribution < -0.4 is 5.32 Å². The van der Waals surface area contributed by atoms with Gasteiger partial charge in [0.25, 0.3) is 0 Å². The van der Waals surface area contributed by atoms with E-state index in [9.17, 15) is 9.90 Å². The lowest BCUT2D eigenvalue weighted by molar-refractivity contribution is -0.148. The van der Waals surface area contributed by atoms with Gasteiger partial charge in [0.2, 0.25) is 0 Å². The van der Waals surface area contributed by atoms with Gasteiger partial charge in [0.05, 0.1) is 16.7 Å². The normalized spacial score (nSPS) is 10.8. The quantitative estimate of drug-likeness (QED) is 0.838. The molecule has 0 amide bonds. The van der Waals surface area contributed by atoms with Crippen molar-refractivity contribution >= 4 is 27.6 Å². The number of carboxylic acid groups (broad SMARTS) is 1. The Morgan fingerprint density at radius 2 is 2.11 bits per heavy atom. The third-order valence-corrected chi connectivity index (χ3v) is 4.21. The van der Waals surface area contributed by atoms with Crippen molar-refractivity contribution in [3.8, 4) is 6.07 Å². The molecular weight excluding hydrogens is 308 g/mol. The standard InChI is InChI=1S/C14H17BrN2O2/c1-3-14(4-2,13(18)19)9-17-12-7-5-6-11(15)10(12)8-16/h5-7,17H,3-4,9H2,1-2H3,(H,18,19). The Hall–Kier alpha value is -1.54. The van der Waals surface area contributed by atoms with Gasteiger partial charge in [-0.05, 0) is 40.9 Å². The molecule has 0 radical (unpaired) electrons. The molecule has 0 heterocycles. The van der Waals surface area contributed by atoms with Gasteiger partial charge in [0, 0.05) is 11.0 Å². The maximum atomic E-state index is 11.4. The fourth-order valence-electron chi connectivity index (χ4n) is 1.93. The van der Waals surface area contributed by atoms with Crippen molar-refractivity contribution in [3.05, 3.63) is 28.2 Å². The summed E-state index contributed by atoms with van der Waals surface area (Å²) in [7, 11) is 0. The molecule has 1 aromatic carbocycles. The summed E-state index contributed by atoms with van der Waals surface area (Å²) < 4.78 is 0.703. The van der Waals surface area contributed by atoms with E-state index in [2.05, 4.69) is 27.3 Å². The van der Waals surface area contributed by atoms with Gasteiger partial charge in [-0.3, -0.25) is 4.79 Å². The summed E-state index contributed by atoms with van der Waals surface area (Å²) in [4.78, 5) is 11.4. The number of nitriles is 1. The van der Waals surface area contributed by atoms with Gasteiger partial charge in [-0.15, -0.1) is 0 Å². The van der Waals surface area contributed by atoms with Crippen LogP contribution in [0.2, 0.25) is 0 Å². The van der Waals surface area contributed by atoms with E-state index in [-0.39, 0.29) is 0 Å². The summed E-state index contributed by atoms with van der Waals surface area (Å²) >= 11 is 3.31. The third-order valence-electron chi connectivity index (χ3n) is 3.55. The maximum absolute atomic E-state index is 11.4. The average molecular weight is 325 g/mol. The lowest BCUT2D eigenvalue weighted by Gasteiger charge is -2.27. The van der Waals surface area contributed by atoms with Crippen LogP contribution in [0.5, 0.6) is 0 Å². The number of halogens is 1. The Labute approximate surface area is 121 Å². The molecule has 0 aliphatic carbocycles. The van der Waals surface area contributed by atoms with Gasteiger partial charge >= 0.3 is 5.97 Å². The Morgan fingerprint density at radius 3 is 2.58 bits per heavy atom. The number of carboxylic acids is 1. The van der Waals surface area contributed by atoms with Crippen molar-refractivity contribution < 1.29 is 9.90 Å². The lowest BCUT2D eigenvalue weighted by Crippen LogP contribution is -2.37. The van der Waals surface area contributed by atoms with E-state index < -0.39 is 11.4 Å². The van der Waals surface area contributed by atoms with E-state index in [0.717, 1.165) is 0 Å². The molecule has 4 nitrogen and oxygen atoms in total. The van der Waals surface area contributed by atoms with Gasteiger partial charge in [-0.1, -0.05) is 19.9 Å². The zero-order valence-corrected chi connectivity index (χ0v) is 12.6. The van der Waals surface area contributed by atoms with Crippen molar-refractivity contribution in [1.29, 1.82) is 5.26 Å². The van der Waals surface area contributed by atoms with Crippen molar-refractivity contribution in [2.75, 3.05) is 11.9 Å². The number of benzene rings is 1. The molecule has 0 aliphatic rings. The van der Waals surface area contributed by atoms with Crippen LogP contribution in [0, 0.1) is 16.7 Å². The monoisotopic (exact) mass is 324 g/mol. The Balaban J connectivity index is 2.96. The highest BCUT2D eigenvalue weighted by Crippen LogP contribution is 2.29. The molecule has 0 saturated heterocycles. The van der Waals surface area contributed by atoms with Crippen LogP contribution in [0.25, 0.3) is 0 Å².